The Bertz CT molecular complexity index is 689. The zero-order valence-electron chi connectivity index (χ0n) is 15.0. The number of amides is 1. The van der Waals surface area contributed by atoms with E-state index in [0.717, 1.165) is 11.3 Å². The monoisotopic (exact) mass is 332 g/mol. The van der Waals surface area contributed by atoms with Gasteiger partial charge in [0.05, 0.1) is 5.56 Å². The molecule has 0 spiro atoms. The summed E-state index contributed by atoms with van der Waals surface area (Å²) in [6, 6.07) is 3.65. The molecule has 2 rings (SSSR count). The first-order valence-electron chi connectivity index (χ1n) is 7.87. The molecule has 0 fully saturated rings. The van der Waals surface area contributed by atoms with E-state index in [0.29, 0.717) is 18.1 Å². The van der Waals surface area contributed by atoms with Gasteiger partial charge in [0.2, 0.25) is 0 Å². The van der Waals surface area contributed by atoms with Crippen LogP contribution in [0.2, 0.25) is 0 Å². The molecule has 0 saturated carbocycles. The predicted molar refractivity (Wildman–Crippen MR) is 89.4 cm³/mol. The van der Waals surface area contributed by atoms with Crippen molar-refractivity contribution in [3.63, 3.8) is 0 Å². The van der Waals surface area contributed by atoms with Gasteiger partial charge in [-0.2, -0.15) is 4.98 Å². The summed E-state index contributed by atoms with van der Waals surface area (Å²) >= 11 is 0. The van der Waals surface area contributed by atoms with Crippen LogP contribution in [0.3, 0.4) is 0 Å². The van der Waals surface area contributed by atoms with E-state index in [4.69, 9.17) is 9.26 Å². The number of rotatable bonds is 4. The standard InChI is InChI=1S/C17H24N4O3/c1-11-7-8-13(10-18-11)15-19-14(20-24-15)9-12(2)21(6)16(22)23-17(3,4)5/h7-8,10,12H,9H2,1-6H3/t12-/m1/s1. The Balaban J connectivity index is 2.01. The number of nitrogens with zero attached hydrogens (tertiary/aromatic N) is 4. The Hall–Kier alpha value is -2.44. The smallest absolute Gasteiger partial charge is 0.410 e. The third-order valence-corrected chi connectivity index (χ3v) is 3.45. The first kappa shape index (κ1) is 17.9. The molecule has 24 heavy (non-hydrogen) atoms. The maximum Gasteiger partial charge on any atom is 0.410 e. The normalized spacial score (nSPS) is 12.8. The topological polar surface area (TPSA) is 81.4 Å². The lowest BCUT2D eigenvalue weighted by atomic mass is 10.2. The maximum atomic E-state index is 12.1. The van der Waals surface area contributed by atoms with Gasteiger partial charge in [-0.3, -0.25) is 4.98 Å². The van der Waals surface area contributed by atoms with Gasteiger partial charge in [-0.15, -0.1) is 0 Å². The van der Waals surface area contributed by atoms with Crippen LogP contribution in [0.1, 0.15) is 39.2 Å². The maximum absolute atomic E-state index is 12.1. The predicted octanol–water partition coefficient (Wildman–Crippen LogP) is 3.24. The summed E-state index contributed by atoms with van der Waals surface area (Å²) in [5, 5.41) is 3.98. The second-order valence-corrected chi connectivity index (χ2v) is 6.85. The molecular formula is C17H24N4O3. The largest absolute Gasteiger partial charge is 0.444 e. The molecule has 2 aromatic rings. The van der Waals surface area contributed by atoms with Crippen molar-refractivity contribution in [2.45, 2.75) is 52.7 Å². The number of likely N-dealkylation sites (N-methyl/N-ethyl adjacent to an activating group) is 1. The molecule has 0 aliphatic rings. The van der Waals surface area contributed by atoms with Gasteiger partial charge < -0.3 is 14.2 Å². The number of aromatic nitrogens is 3. The number of hydrogen-bond donors (Lipinski definition) is 0. The van der Waals surface area contributed by atoms with Crippen molar-refractivity contribution < 1.29 is 14.1 Å². The Morgan fingerprint density at radius 1 is 1.38 bits per heavy atom. The Labute approximate surface area is 142 Å². The molecule has 130 valence electrons. The van der Waals surface area contributed by atoms with E-state index in [1.165, 1.54) is 4.90 Å². The molecule has 1 amide bonds. The van der Waals surface area contributed by atoms with Gasteiger partial charge in [0.15, 0.2) is 5.82 Å². The molecule has 0 aromatic carbocycles. The average Bonchev–Trinajstić information content (AvgIpc) is 2.93. The Morgan fingerprint density at radius 3 is 2.67 bits per heavy atom. The van der Waals surface area contributed by atoms with Crippen molar-refractivity contribution in [1.29, 1.82) is 0 Å². The molecule has 0 saturated heterocycles. The second kappa shape index (κ2) is 6.98. The van der Waals surface area contributed by atoms with Crippen molar-refractivity contribution in [2.24, 2.45) is 0 Å². The van der Waals surface area contributed by atoms with Crippen LogP contribution in [0.5, 0.6) is 0 Å². The molecule has 0 bridgehead atoms. The fraction of sp³-hybridized carbons (Fsp3) is 0.529. The van der Waals surface area contributed by atoms with E-state index < -0.39 is 5.60 Å². The highest BCUT2D eigenvalue weighted by molar-refractivity contribution is 5.68. The minimum atomic E-state index is -0.525. The molecular weight excluding hydrogens is 308 g/mol. The van der Waals surface area contributed by atoms with Crippen LogP contribution in [-0.2, 0) is 11.2 Å². The summed E-state index contributed by atoms with van der Waals surface area (Å²) in [6.45, 7) is 9.34. The zero-order valence-corrected chi connectivity index (χ0v) is 15.0. The van der Waals surface area contributed by atoms with Gasteiger partial charge in [-0.05, 0) is 46.8 Å². The number of carbonyl (C=O) groups is 1. The lowest BCUT2D eigenvalue weighted by Crippen LogP contribution is -2.40. The summed E-state index contributed by atoms with van der Waals surface area (Å²) in [5.74, 6) is 0.957. The molecule has 2 heterocycles. The highest BCUT2D eigenvalue weighted by atomic mass is 16.6. The van der Waals surface area contributed by atoms with Crippen LogP contribution in [0, 0.1) is 6.92 Å². The lowest BCUT2D eigenvalue weighted by Gasteiger charge is -2.28. The molecule has 2 aromatic heterocycles. The van der Waals surface area contributed by atoms with Crippen molar-refractivity contribution in [2.75, 3.05) is 7.05 Å². The number of pyridine rings is 1. The van der Waals surface area contributed by atoms with Gasteiger partial charge >= 0.3 is 6.09 Å². The molecule has 7 heteroatoms. The summed E-state index contributed by atoms with van der Waals surface area (Å²) in [5.41, 5.74) is 1.17. The molecule has 0 aliphatic heterocycles. The van der Waals surface area contributed by atoms with Crippen LogP contribution in [-0.4, -0.2) is 44.8 Å². The molecule has 7 nitrogen and oxygen atoms in total. The second-order valence-electron chi connectivity index (χ2n) is 6.85. The van der Waals surface area contributed by atoms with E-state index >= 15 is 0 Å². The van der Waals surface area contributed by atoms with Gasteiger partial charge in [0.25, 0.3) is 5.89 Å². The van der Waals surface area contributed by atoms with Crippen molar-refractivity contribution >= 4 is 6.09 Å². The van der Waals surface area contributed by atoms with Crippen molar-refractivity contribution in [1.82, 2.24) is 20.0 Å². The minimum absolute atomic E-state index is 0.124. The number of aryl methyl sites for hydroxylation is 1. The van der Waals surface area contributed by atoms with Gasteiger partial charge in [-0.25, -0.2) is 4.79 Å². The summed E-state index contributed by atoms with van der Waals surface area (Å²) in [6.07, 6.45) is 1.79. The molecule has 0 radical (unpaired) electrons. The molecule has 1 atom stereocenters. The zero-order chi connectivity index (χ0) is 17.9. The molecule has 0 aliphatic carbocycles. The third-order valence-electron chi connectivity index (χ3n) is 3.45. The SMILES string of the molecule is Cc1ccc(-c2nc(C[C@@H](C)N(C)C(=O)OC(C)(C)C)no2)cn1. The fourth-order valence-electron chi connectivity index (χ4n) is 1.96. The van der Waals surface area contributed by atoms with E-state index in [9.17, 15) is 4.79 Å². The molecule has 0 unspecified atom stereocenters. The van der Waals surface area contributed by atoms with E-state index in [2.05, 4.69) is 15.1 Å². The average molecular weight is 332 g/mol. The summed E-state index contributed by atoms with van der Waals surface area (Å²) < 4.78 is 10.6. The van der Waals surface area contributed by atoms with Gasteiger partial charge in [0, 0.05) is 31.4 Å². The third kappa shape index (κ3) is 4.78. The highest BCUT2D eigenvalue weighted by Gasteiger charge is 2.24. The Morgan fingerprint density at radius 2 is 2.08 bits per heavy atom. The van der Waals surface area contributed by atoms with E-state index in [1.54, 1.807) is 13.2 Å². The highest BCUT2D eigenvalue weighted by Crippen LogP contribution is 2.17. The van der Waals surface area contributed by atoms with E-state index in [1.807, 2.05) is 46.8 Å². The lowest BCUT2D eigenvalue weighted by molar-refractivity contribution is 0.0234. The fourth-order valence-corrected chi connectivity index (χ4v) is 1.96. The van der Waals surface area contributed by atoms with Crippen LogP contribution in [0.4, 0.5) is 4.79 Å². The summed E-state index contributed by atoms with van der Waals surface area (Å²) in [7, 11) is 1.70. The first-order valence-corrected chi connectivity index (χ1v) is 7.87. The quantitative estimate of drug-likeness (QED) is 0.855. The van der Waals surface area contributed by atoms with Gasteiger partial charge in [0.1, 0.15) is 5.60 Å². The van der Waals surface area contributed by atoms with Crippen LogP contribution in [0.15, 0.2) is 22.9 Å². The van der Waals surface area contributed by atoms with Crippen LogP contribution < -0.4 is 0 Å². The van der Waals surface area contributed by atoms with Gasteiger partial charge in [-0.1, -0.05) is 5.16 Å². The number of ether oxygens (including phenoxy) is 1. The van der Waals surface area contributed by atoms with Crippen molar-refractivity contribution in [3.05, 3.63) is 29.8 Å². The number of hydrogen-bond acceptors (Lipinski definition) is 6. The summed E-state index contributed by atoms with van der Waals surface area (Å²) in [4.78, 5) is 22.2. The minimum Gasteiger partial charge on any atom is -0.444 e. The van der Waals surface area contributed by atoms with Crippen molar-refractivity contribution in [3.8, 4) is 11.5 Å². The van der Waals surface area contributed by atoms with Crippen LogP contribution >= 0.6 is 0 Å². The first-order chi connectivity index (χ1) is 11.2. The van der Waals surface area contributed by atoms with Crippen LogP contribution in [0.25, 0.3) is 11.5 Å². The molecule has 0 N–H and O–H groups in total. The number of carbonyl (C=O) groups excluding carboxylic acids is 1. The Kier molecular flexibility index (Phi) is 5.21. The van der Waals surface area contributed by atoms with E-state index in [-0.39, 0.29) is 12.1 Å².